The van der Waals surface area contributed by atoms with Gasteiger partial charge in [0.25, 0.3) is 0 Å². The predicted octanol–water partition coefficient (Wildman–Crippen LogP) is 6.92. The van der Waals surface area contributed by atoms with Crippen LogP contribution in [0.3, 0.4) is 0 Å². The van der Waals surface area contributed by atoms with Gasteiger partial charge in [0.1, 0.15) is 24.0 Å². The lowest BCUT2D eigenvalue weighted by molar-refractivity contribution is -0.142. The van der Waals surface area contributed by atoms with Crippen LogP contribution in [0.1, 0.15) is 95.5 Å². The Hall–Kier alpha value is -3.34. The molecular weight excluding hydrogens is 615 g/mol. The summed E-state index contributed by atoms with van der Waals surface area (Å²) in [5, 5.41) is 15.7. The van der Waals surface area contributed by atoms with E-state index in [0.717, 1.165) is 32.1 Å². The molecule has 46 heavy (non-hydrogen) atoms. The molecule has 2 heterocycles. The van der Waals surface area contributed by atoms with Crippen LogP contribution < -0.4 is 10.6 Å². The number of aromatic amines is 1. The highest BCUT2D eigenvalue weighted by molar-refractivity contribution is 6.38. The molecule has 10 nitrogen and oxygen atoms in total. The lowest BCUT2D eigenvalue weighted by Crippen LogP contribution is -2.50. The Labute approximate surface area is 274 Å². The summed E-state index contributed by atoms with van der Waals surface area (Å²) >= 11 is 6.33. The van der Waals surface area contributed by atoms with Gasteiger partial charge in [0, 0.05) is 29.1 Å². The Balaban J connectivity index is 1.29. The smallest absolute Gasteiger partial charge is 0.407 e. The molecule has 2 aromatic rings. The molecule has 0 bridgehead atoms. The molecule has 0 spiro atoms. The molecule has 2 saturated carbocycles. The average molecular weight is 661 g/mol. The summed E-state index contributed by atoms with van der Waals surface area (Å²) in [5.41, 5.74) is 0.227. The molecular formula is C34H46ClFN4O6. The first-order valence-electron chi connectivity index (χ1n) is 16.6. The quantitative estimate of drug-likeness (QED) is 0.242. The van der Waals surface area contributed by atoms with E-state index in [1.165, 1.54) is 6.42 Å². The molecule has 1 aromatic heterocycles. The number of carboxylic acids is 1. The van der Waals surface area contributed by atoms with E-state index >= 15 is 0 Å². The first kappa shape index (κ1) is 34.0. The SMILES string of the molecule is CC(C)(C)OC(=O)N[C@H](CF)C1CCC(C(=O)N2CC[C@@H](C3CCCCC3)[C@H]2C(=O)Nc2ccc3[nH]c(C(=O)O)c(Cl)c3c2)CC1. The predicted molar refractivity (Wildman–Crippen MR) is 174 cm³/mol. The van der Waals surface area contributed by atoms with Crippen LogP contribution in [-0.4, -0.2) is 69.8 Å². The minimum absolute atomic E-state index is 0.0379. The number of aromatic carboxylic acids is 1. The number of nitrogens with one attached hydrogen (secondary N) is 3. The number of carbonyl (C=O) groups is 4. The van der Waals surface area contributed by atoms with Crippen molar-refractivity contribution >= 4 is 52.1 Å². The molecule has 3 amide bonds. The van der Waals surface area contributed by atoms with Crippen LogP contribution in [0.2, 0.25) is 5.02 Å². The number of carbonyl (C=O) groups excluding carboxylic acids is 3. The molecule has 1 saturated heterocycles. The number of rotatable bonds is 8. The number of amides is 3. The summed E-state index contributed by atoms with van der Waals surface area (Å²) in [4.78, 5) is 56.5. The number of alkyl carbamates (subject to hydrolysis) is 1. The highest BCUT2D eigenvalue weighted by Gasteiger charge is 2.47. The lowest BCUT2D eigenvalue weighted by Gasteiger charge is -2.37. The normalized spacial score (nSPS) is 24.8. The molecule has 0 unspecified atom stereocenters. The maximum atomic E-state index is 14.1. The Morgan fingerprint density at radius 1 is 1.07 bits per heavy atom. The average Bonchev–Trinajstić information content (AvgIpc) is 3.61. The van der Waals surface area contributed by atoms with Gasteiger partial charge in [0.15, 0.2) is 0 Å². The number of hydrogen-bond donors (Lipinski definition) is 4. The second-order valence-electron chi connectivity index (χ2n) is 14.2. The number of nitrogens with zero attached hydrogens (tertiary/aromatic N) is 1. The number of anilines is 1. The van der Waals surface area contributed by atoms with Gasteiger partial charge in [-0.2, -0.15) is 0 Å². The van der Waals surface area contributed by atoms with Crippen LogP contribution >= 0.6 is 11.6 Å². The van der Waals surface area contributed by atoms with E-state index in [1.54, 1.807) is 43.9 Å². The van der Waals surface area contributed by atoms with E-state index in [1.807, 2.05) is 0 Å². The first-order chi connectivity index (χ1) is 21.9. The number of aromatic nitrogens is 1. The zero-order chi connectivity index (χ0) is 33.2. The molecule has 3 atom stereocenters. The molecule has 2 aliphatic carbocycles. The van der Waals surface area contributed by atoms with Crippen LogP contribution in [-0.2, 0) is 14.3 Å². The van der Waals surface area contributed by atoms with Gasteiger partial charge < -0.3 is 30.4 Å². The second-order valence-corrected chi connectivity index (χ2v) is 14.6. The molecule has 252 valence electrons. The Morgan fingerprint density at radius 2 is 1.76 bits per heavy atom. The van der Waals surface area contributed by atoms with Crippen molar-refractivity contribution in [2.24, 2.45) is 23.7 Å². The van der Waals surface area contributed by atoms with Crippen LogP contribution in [0.15, 0.2) is 18.2 Å². The summed E-state index contributed by atoms with van der Waals surface area (Å²) in [5.74, 6) is -1.43. The zero-order valence-electron chi connectivity index (χ0n) is 26.9. The Kier molecular flexibility index (Phi) is 10.5. The third kappa shape index (κ3) is 7.61. The monoisotopic (exact) mass is 660 g/mol. The third-order valence-corrected chi connectivity index (χ3v) is 10.4. The Bertz CT molecular complexity index is 1440. The number of ether oxygens (including phenoxy) is 1. The van der Waals surface area contributed by atoms with Crippen LogP contribution in [0.5, 0.6) is 0 Å². The number of fused-ring (bicyclic) bond motifs is 1. The lowest BCUT2D eigenvalue weighted by atomic mass is 9.76. The number of benzene rings is 1. The summed E-state index contributed by atoms with van der Waals surface area (Å²) in [6, 6.07) is 3.74. The minimum atomic E-state index is -1.17. The van der Waals surface area contributed by atoms with Crippen molar-refractivity contribution in [3.63, 3.8) is 0 Å². The molecule has 1 aliphatic heterocycles. The van der Waals surface area contributed by atoms with Crippen molar-refractivity contribution < 1.29 is 33.4 Å². The standard InChI is InChI=1S/C34H46ClFN4O6/c1-34(2,3)46-33(45)39-26(18-36)20-9-11-21(12-10-20)31(42)40-16-15-23(19-7-5-4-6-8-19)29(40)30(41)37-22-13-14-25-24(17-22)27(35)28(38-25)32(43)44/h13-14,17,19-21,23,26,29,38H,4-12,15-16,18H2,1-3H3,(H,37,41)(H,39,45)(H,43,44)/t20?,21?,23-,26+,29-/m0/s1. The van der Waals surface area contributed by atoms with Crippen molar-refractivity contribution in [3.05, 3.63) is 28.9 Å². The topological polar surface area (TPSA) is 141 Å². The number of likely N-dealkylation sites (tertiary alicyclic amines) is 1. The molecule has 0 radical (unpaired) electrons. The van der Waals surface area contributed by atoms with Gasteiger partial charge in [-0.1, -0.05) is 43.7 Å². The molecule has 3 aliphatic rings. The van der Waals surface area contributed by atoms with Gasteiger partial charge in [-0.05, 0) is 88.8 Å². The fraction of sp³-hybridized carbons (Fsp3) is 0.647. The number of alkyl halides is 1. The number of carboxylic acid groups (broad SMARTS) is 1. The van der Waals surface area contributed by atoms with Crippen LogP contribution in [0, 0.1) is 23.7 Å². The summed E-state index contributed by atoms with van der Waals surface area (Å²) in [6.07, 6.45) is 7.92. The number of halogens is 2. The van der Waals surface area contributed by atoms with E-state index in [2.05, 4.69) is 15.6 Å². The molecule has 1 aromatic carbocycles. The van der Waals surface area contributed by atoms with Gasteiger partial charge in [-0.25, -0.2) is 14.0 Å². The fourth-order valence-electron chi connectivity index (χ4n) is 7.80. The van der Waals surface area contributed by atoms with Gasteiger partial charge in [0.05, 0.1) is 11.1 Å². The van der Waals surface area contributed by atoms with Gasteiger partial charge >= 0.3 is 12.1 Å². The van der Waals surface area contributed by atoms with Crippen molar-refractivity contribution in [2.45, 2.75) is 103 Å². The van der Waals surface area contributed by atoms with E-state index in [0.29, 0.717) is 54.7 Å². The molecule has 3 fully saturated rings. The van der Waals surface area contributed by atoms with Gasteiger partial charge in [-0.15, -0.1) is 0 Å². The van der Waals surface area contributed by atoms with Crippen LogP contribution in [0.4, 0.5) is 14.9 Å². The van der Waals surface area contributed by atoms with E-state index in [9.17, 15) is 28.7 Å². The minimum Gasteiger partial charge on any atom is -0.477 e. The van der Waals surface area contributed by atoms with Gasteiger partial charge in [0.2, 0.25) is 11.8 Å². The highest BCUT2D eigenvalue weighted by atomic mass is 35.5. The Morgan fingerprint density at radius 3 is 2.39 bits per heavy atom. The highest BCUT2D eigenvalue weighted by Crippen LogP contribution is 2.41. The number of hydrogen-bond acceptors (Lipinski definition) is 5. The summed E-state index contributed by atoms with van der Waals surface area (Å²) in [6.45, 7) is 5.07. The largest absolute Gasteiger partial charge is 0.477 e. The van der Waals surface area contributed by atoms with E-state index in [-0.39, 0.29) is 40.3 Å². The molecule has 5 rings (SSSR count). The van der Waals surface area contributed by atoms with Crippen molar-refractivity contribution in [1.29, 1.82) is 0 Å². The summed E-state index contributed by atoms with van der Waals surface area (Å²) < 4.78 is 19.3. The molecule has 12 heteroatoms. The van der Waals surface area contributed by atoms with Gasteiger partial charge in [-0.3, -0.25) is 9.59 Å². The maximum absolute atomic E-state index is 14.1. The van der Waals surface area contributed by atoms with Crippen molar-refractivity contribution in [3.8, 4) is 0 Å². The fourth-order valence-corrected chi connectivity index (χ4v) is 8.08. The van der Waals surface area contributed by atoms with Crippen molar-refractivity contribution in [1.82, 2.24) is 15.2 Å². The zero-order valence-corrected chi connectivity index (χ0v) is 27.6. The first-order valence-corrected chi connectivity index (χ1v) is 17.0. The van der Waals surface area contributed by atoms with Crippen molar-refractivity contribution in [2.75, 3.05) is 18.5 Å². The molecule has 4 N–H and O–H groups in total. The summed E-state index contributed by atoms with van der Waals surface area (Å²) in [7, 11) is 0. The van der Waals surface area contributed by atoms with E-state index < -0.39 is 36.4 Å². The number of H-pyrrole nitrogens is 1. The van der Waals surface area contributed by atoms with Crippen LogP contribution in [0.25, 0.3) is 10.9 Å². The van der Waals surface area contributed by atoms with E-state index in [4.69, 9.17) is 16.3 Å². The second kappa shape index (κ2) is 14.2. The third-order valence-electron chi connectivity index (χ3n) is 10.0. The maximum Gasteiger partial charge on any atom is 0.407 e.